The van der Waals surface area contributed by atoms with E-state index in [0.29, 0.717) is 11.1 Å². The van der Waals surface area contributed by atoms with E-state index < -0.39 is 23.5 Å². The molecule has 0 aliphatic heterocycles. The zero-order chi connectivity index (χ0) is 14.6. The van der Waals surface area contributed by atoms with Crippen molar-refractivity contribution >= 4 is 11.9 Å². The van der Waals surface area contributed by atoms with Gasteiger partial charge in [-0.25, -0.2) is 4.79 Å². The maximum atomic E-state index is 11.8. The van der Waals surface area contributed by atoms with Crippen LogP contribution in [0.15, 0.2) is 24.3 Å². The molecule has 0 saturated carbocycles. The fourth-order valence-corrected chi connectivity index (χ4v) is 1.57. The Morgan fingerprint density at radius 2 is 1.79 bits per heavy atom. The summed E-state index contributed by atoms with van der Waals surface area (Å²) in [7, 11) is 0. The molecule has 5 heteroatoms. The Balaban J connectivity index is 2.87. The highest BCUT2D eigenvalue weighted by Gasteiger charge is 2.20. The van der Waals surface area contributed by atoms with Crippen molar-refractivity contribution in [3.63, 3.8) is 0 Å². The second kappa shape index (κ2) is 5.84. The summed E-state index contributed by atoms with van der Waals surface area (Å²) in [5.41, 5.74) is 5.82. The predicted octanol–water partition coefficient (Wildman–Crippen LogP) is 1.77. The van der Waals surface area contributed by atoms with E-state index in [1.807, 2.05) is 0 Å². The second-order valence-corrected chi connectivity index (χ2v) is 5.25. The predicted molar refractivity (Wildman–Crippen MR) is 71.0 cm³/mol. The highest BCUT2D eigenvalue weighted by Crippen LogP contribution is 2.17. The molecule has 19 heavy (non-hydrogen) atoms. The largest absolute Gasteiger partial charge is 0.481 e. The number of ether oxygens (including phenoxy) is 1. The average Bonchev–Trinajstić information content (AvgIpc) is 2.28. The molecule has 0 aliphatic carbocycles. The van der Waals surface area contributed by atoms with Gasteiger partial charge in [-0.15, -0.1) is 0 Å². The molecule has 0 bridgehead atoms. The molecule has 0 radical (unpaired) electrons. The number of carboxylic acid groups (broad SMARTS) is 1. The Morgan fingerprint density at radius 3 is 2.16 bits per heavy atom. The molecule has 0 spiro atoms. The minimum absolute atomic E-state index is 0.0150. The van der Waals surface area contributed by atoms with Gasteiger partial charge in [0.05, 0.1) is 11.5 Å². The van der Waals surface area contributed by atoms with Gasteiger partial charge < -0.3 is 15.6 Å². The van der Waals surface area contributed by atoms with Crippen LogP contribution in [0.5, 0.6) is 0 Å². The Labute approximate surface area is 112 Å². The van der Waals surface area contributed by atoms with Crippen molar-refractivity contribution in [3.05, 3.63) is 35.4 Å². The van der Waals surface area contributed by atoms with E-state index in [4.69, 9.17) is 15.6 Å². The minimum atomic E-state index is -0.979. The molecule has 0 heterocycles. The summed E-state index contributed by atoms with van der Waals surface area (Å²) < 4.78 is 5.22. The first kappa shape index (κ1) is 15.2. The van der Waals surface area contributed by atoms with Gasteiger partial charge in [-0.1, -0.05) is 12.1 Å². The number of nitrogens with two attached hydrogens (primary N) is 1. The number of hydrogen-bond acceptors (Lipinski definition) is 4. The van der Waals surface area contributed by atoms with Crippen LogP contribution < -0.4 is 5.73 Å². The average molecular weight is 265 g/mol. The van der Waals surface area contributed by atoms with Gasteiger partial charge in [0.2, 0.25) is 0 Å². The topological polar surface area (TPSA) is 89.6 Å². The number of benzene rings is 1. The van der Waals surface area contributed by atoms with Crippen molar-refractivity contribution in [2.24, 2.45) is 5.73 Å². The van der Waals surface area contributed by atoms with Crippen molar-refractivity contribution in [3.8, 4) is 0 Å². The summed E-state index contributed by atoms with van der Waals surface area (Å²) in [6, 6.07) is 6.28. The van der Waals surface area contributed by atoms with Crippen molar-refractivity contribution in [1.29, 1.82) is 0 Å². The first-order valence-electron chi connectivity index (χ1n) is 6.01. The lowest BCUT2D eigenvalue weighted by Gasteiger charge is -2.19. The molecule has 104 valence electrons. The van der Waals surface area contributed by atoms with Crippen LogP contribution in [-0.2, 0) is 9.53 Å². The molecular weight excluding hydrogens is 246 g/mol. The van der Waals surface area contributed by atoms with Gasteiger partial charge in [-0.2, -0.15) is 0 Å². The molecule has 1 atom stereocenters. The molecule has 0 aliphatic rings. The van der Waals surface area contributed by atoms with E-state index in [1.165, 1.54) is 0 Å². The molecule has 3 N–H and O–H groups in total. The zero-order valence-corrected chi connectivity index (χ0v) is 11.3. The second-order valence-electron chi connectivity index (χ2n) is 5.25. The molecular formula is C14H19NO4. The monoisotopic (exact) mass is 265 g/mol. The first-order valence-corrected chi connectivity index (χ1v) is 6.01. The highest BCUT2D eigenvalue weighted by molar-refractivity contribution is 5.90. The van der Waals surface area contributed by atoms with E-state index in [1.54, 1.807) is 45.0 Å². The third-order valence-electron chi connectivity index (χ3n) is 2.48. The van der Waals surface area contributed by atoms with Gasteiger partial charge in [-0.05, 0) is 38.5 Å². The Bertz CT molecular complexity index is 459. The van der Waals surface area contributed by atoms with Crippen LogP contribution in [0.3, 0.4) is 0 Å². The van der Waals surface area contributed by atoms with E-state index >= 15 is 0 Å². The smallest absolute Gasteiger partial charge is 0.338 e. The molecule has 0 amide bonds. The standard InChI is InChI=1S/C14H19NO4/c1-14(2,3)19-13(18)10-6-4-9(5-7-10)11(8-15)12(16)17/h4-7,11H,8,15H2,1-3H3,(H,16,17). The van der Waals surface area contributed by atoms with E-state index in [-0.39, 0.29) is 6.54 Å². The van der Waals surface area contributed by atoms with Crippen LogP contribution in [0.25, 0.3) is 0 Å². The third-order valence-corrected chi connectivity index (χ3v) is 2.48. The van der Waals surface area contributed by atoms with Gasteiger partial charge in [0.25, 0.3) is 0 Å². The van der Waals surface area contributed by atoms with Crippen LogP contribution >= 0.6 is 0 Å². The highest BCUT2D eigenvalue weighted by atomic mass is 16.6. The van der Waals surface area contributed by atoms with Crippen molar-refractivity contribution < 1.29 is 19.4 Å². The van der Waals surface area contributed by atoms with Gasteiger partial charge in [-0.3, -0.25) is 4.79 Å². The van der Waals surface area contributed by atoms with E-state index in [2.05, 4.69) is 0 Å². The van der Waals surface area contributed by atoms with Gasteiger partial charge in [0, 0.05) is 6.54 Å². The number of carboxylic acids is 1. The summed E-state index contributed by atoms with van der Waals surface area (Å²) in [5.74, 6) is -2.17. The van der Waals surface area contributed by atoms with Crippen LogP contribution in [0.4, 0.5) is 0 Å². The minimum Gasteiger partial charge on any atom is -0.481 e. The van der Waals surface area contributed by atoms with Crippen molar-refractivity contribution in [1.82, 2.24) is 0 Å². The van der Waals surface area contributed by atoms with Gasteiger partial charge in [0.1, 0.15) is 5.60 Å². The number of carbonyl (C=O) groups is 2. The molecule has 0 fully saturated rings. The summed E-state index contributed by atoms with van der Waals surface area (Å²) in [6.07, 6.45) is 0. The third kappa shape index (κ3) is 4.37. The summed E-state index contributed by atoms with van der Waals surface area (Å²) in [5, 5.41) is 8.99. The fourth-order valence-electron chi connectivity index (χ4n) is 1.57. The summed E-state index contributed by atoms with van der Waals surface area (Å²) >= 11 is 0. The lowest BCUT2D eigenvalue weighted by molar-refractivity contribution is -0.138. The van der Waals surface area contributed by atoms with Crippen LogP contribution in [0, 0.1) is 0 Å². The number of esters is 1. The number of rotatable bonds is 4. The Morgan fingerprint density at radius 1 is 1.26 bits per heavy atom. The molecule has 1 rings (SSSR count). The maximum Gasteiger partial charge on any atom is 0.338 e. The normalized spacial score (nSPS) is 12.8. The van der Waals surface area contributed by atoms with Crippen molar-refractivity contribution in [2.75, 3.05) is 6.54 Å². The molecule has 5 nitrogen and oxygen atoms in total. The number of aliphatic carboxylic acids is 1. The summed E-state index contributed by atoms with van der Waals surface area (Å²) in [6.45, 7) is 5.37. The first-order chi connectivity index (χ1) is 8.74. The zero-order valence-electron chi connectivity index (χ0n) is 11.3. The SMILES string of the molecule is CC(C)(C)OC(=O)c1ccc(C(CN)C(=O)O)cc1. The summed E-state index contributed by atoms with van der Waals surface area (Å²) in [4.78, 5) is 22.7. The molecule has 1 unspecified atom stereocenters. The van der Waals surface area contributed by atoms with E-state index in [9.17, 15) is 9.59 Å². The van der Waals surface area contributed by atoms with E-state index in [0.717, 1.165) is 0 Å². The molecule has 1 aromatic carbocycles. The molecule has 1 aromatic rings. The molecule has 0 aromatic heterocycles. The fraction of sp³-hybridized carbons (Fsp3) is 0.429. The van der Waals surface area contributed by atoms with Gasteiger partial charge >= 0.3 is 11.9 Å². The maximum absolute atomic E-state index is 11.8. The van der Waals surface area contributed by atoms with Crippen LogP contribution in [0.2, 0.25) is 0 Å². The number of carbonyl (C=O) groups excluding carboxylic acids is 1. The van der Waals surface area contributed by atoms with Crippen molar-refractivity contribution in [2.45, 2.75) is 32.3 Å². The lowest BCUT2D eigenvalue weighted by atomic mass is 9.98. The Hall–Kier alpha value is -1.88. The number of hydrogen-bond donors (Lipinski definition) is 2. The van der Waals surface area contributed by atoms with Crippen LogP contribution in [-0.4, -0.2) is 29.2 Å². The molecule has 0 saturated heterocycles. The quantitative estimate of drug-likeness (QED) is 0.810. The lowest BCUT2D eigenvalue weighted by Crippen LogP contribution is -2.24. The Kier molecular flexibility index (Phi) is 4.67. The van der Waals surface area contributed by atoms with Crippen LogP contribution in [0.1, 0.15) is 42.6 Å². The van der Waals surface area contributed by atoms with Gasteiger partial charge in [0.15, 0.2) is 0 Å².